The lowest BCUT2D eigenvalue weighted by atomic mass is 10.1. The van der Waals surface area contributed by atoms with Gasteiger partial charge in [0.05, 0.1) is 12.8 Å². The van der Waals surface area contributed by atoms with Crippen LogP contribution >= 0.6 is 11.3 Å². The Balaban J connectivity index is 1.65. The summed E-state index contributed by atoms with van der Waals surface area (Å²) in [4.78, 5) is 2.92. The summed E-state index contributed by atoms with van der Waals surface area (Å²) in [6, 6.07) is 2.71. The van der Waals surface area contributed by atoms with Gasteiger partial charge in [-0.25, -0.2) is 9.37 Å². The lowest BCUT2D eigenvalue weighted by Gasteiger charge is -2.20. The lowest BCUT2D eigenvalue weighted by molar-refractivity contribution is -0.134. The molecule has 23 heavy (non-hydrogen) atoms. The van der Waals surface area contributed by atoms with E-state index in [1.807, 2.05) is 0 Å². The predicted octanol–water partition coefficient (Wildman–Crippen LogP) is 3.82. The van der Waals surface area contributed by atoms with Crippen LogP contribution in [-0.2, 0) is 23.9 Å². The summed E-state index contributed by atoms with van der Waals surface area (Å²) in [6.45, 7) is 0.681. The molecule has 1 aromatic heterocycles. The van der Waals surface area contributed by atoms with Gasteiger partial charge in [0.25, 0.3) is 0 Å². The van der Waals surface area contributed by atoms with Crippen molar-refractivity contribution in [3.8, 4) is 5.75 Å². The topological polar surface area (TPSA) is 43.4 Å². The third kappa shape index (κ3) is 3.73. The molecule has 0 atom stereocenters. The fourth-order valence-corrected chi connectivity index (χ4v) is 2.94. The van der Waals surface area contributed by atoms with Crippen molar-refractivity contribution < 1.29 is 27.0 Å². The first-order valence-electron chi connectivity index (χ1n) is 6.72. The molecule has 0 amide bonds. The average Bonchev–Trinajstić information content (AvgIpc) is 2.96. The fourth-order valence-electron chi connectivity index (χ4n) is 2.23. The maximum Gasteiger partial charge on any atom is 0.427 e. The third-order valence-electron chi connectivity index (χ3n) is 3.21. The van der Waals surface area contributed by atoms with Crippen LogP contribution in [0.3, 0.4) is 0 Å². The number of ether oxygens (including phenoxy) is 2. The van der Waals surface area contributed by atoms with Crippen molar-refractivity contribution in [3.05, 3.63) is 40.2 Å². The van der Waals surface area contributed by atoms with E-state index in [9.17, 15) is 17.6 Å². The van der Waals surface area contributed by atoms with Crippen molar-refractivity contribution in [2.75, 3.05) is 18.7 Å². The molecule has 124 valence electrons. The van der Waals surface area contributed by atoms with Gasteiger partial charge in [-0.05, 0) is 24.1 Å². The number of nitrogens with one attached hydrogen (secondary N) is 1. The van der Waals surface area contributed by atoms with Gasteiger partial charge in [-0.2, -0.15) is 13.2 Å². The molecule has 3 rings (SSSR count). The zero-order valence-electron chi connectivity index (χ0n) is 11.7. The Morgan fingerprint density at radius 3 is 2.87 bits per heavy atom. The van der Waals surface area contributed by atoms with E-state index in [1.165, 1.54) is 12.1 Å². The van der Waals surface area contributed by atoms with Crippen LogP contribution in [-0.4, -0.2) is 18.3 Å². The minimum absolute atomic E-state index is 0.0977. The molecule has 0 saturated carbocycles. The first kappa shape index (κ1) is 16.0. The highest BCUT2D eigenvalue weighted by Gasteiger charge is 2.33. The number of rotatable bonds is 4. The molecule has 0 fully saturated rings. The van der Waals surface area contributed by atoms with Crippen LogP contribution in [0.2, 0.25) is 0 Å². The molecule has 1 aliphatic heterocycles. The van der Waals surface area contributed by atoms with Gasteiger partial charge in [-0.3, -0.25) is 0 Å². The van der Waals surface area contributed by atoms with E-state index in [0.29, 0.717) is 41.2 Å². The highest BCUT2D eigenvalue weighted by molar-refractivity contribution is 7.15. The molecule has 9 heteroatoms. The highest BCUT2D eigenvalue weighted by Crippen LogP contribution is 2.35. The number of hydrogen-bond donors (Lipinski definition) is 1. The summed E-state index contributed by atoms with van der Waals surface area (Å²) in [5.41, 5.74) is 1.27. The normalized spacial score (nSPS) is 14.3. The van der Waals surface area contributed by atoms with E-state index >= 15 is 0 Å². The minimum Gasteiger partial charge on any atom is -0.467 e. The second-order valence-electron chi connectivity index (χ2n) is 4.87. The van der Waals surface area contributed by atoms with Gasteiger partial charge in [0.1, 0.15) is 16.4 Å². The Bertz CT molecular complexity index is 703. The van der Waals surface area contributed by atoms with Crippen LogP contribution in [0, 0.1) is 5.82 Å². The van der Waals surface area contributed by atoms with Crippen LogP contribution in [0.1, 0.15) is 16.0 Å². The predicted molar refractivity (Wildman–Crippen MR) is 76.0 cm³/mol. The second-order valence-corrected chi connectivity index (χ2v) is 5.90. The monoisotopic (exact) mass is 348 g/mol. The third-order valence-corrected chi connectivity index (χ3v) is 4.21. The zero-order valence-corrected chi connectivity index (χ0v) is 12.6. The number of benzene rings is 1. The molecule has 0 saturated heterocycles. The summed E-state index contributed by atoms with van der Waals surface area (Å²) in [5.74, 6) is 0.177. The van der Waals surface area contributed by atoms with Crippen molar-refractivity contribution >= 4 is 16.5 Å². The summed E-state index contributed by atoms with van der Waals surface area (Å²) in [5, 5.41) is 2.98. The smallest absolute Gasteiger partial charge is 0.427 e. The van der Waals surface area contributed by atoms with Gasteiger partial charge in [0, 0.05) is 12.1 Å². The van der Waals surface area contributed by atoms with Crippen LogP contribution in [0.5, 0.6) is 5.75 Å². The molecule has 0 aliphatic carbocycles. The standard InChI is InChI=1S/C14H12F4N2O2S/c15-10-3-8(12-9(4-10)6-21-7-22-12)1-2-19-13-20-5-11(23-13)14(16,17)18/h3-5H,1-2,6-7H2,(H,19,20). The Labute approximate surface area is 133 Å². The van der Waals surface area contributed by atoms with Crippen LogP contribution in [0.15, 0.2) is 18.3 Å². The summed E-state index contributed by atoms with van der Waals surface area (Å²) in [6.07, 6.45) is -3.22. The summed E-state index contributed by atoms with van der Waals surface area (Å²) < 4.78 is 61.5. The first-order chi connectivity index (χ1) is 10.9. The second kappa shape index (κ2) is 6.32. The lowest BCUT2D eigenvalue weighted by Crippen LogP contribution is -2.15. The van der Waals surface area contributed by atoms with Crippen molar-refractivity contribution in [1.82, 2.24) is 4.98 Å². The maximum absolute atomic E-state index is 13.6. The van der Waals surface area contributed by atoms with E-state index in [4.69, 9.17) is 9.47 Å². The minimum atomic E-state index is -4.40. The van der Waals surface area contributed by atoms with Crippen LogP contribution in [0.4, 0.5) is 22.7 Å². The Morgan fingerprint density at radius 1 is 1.30 bits per heavy atom. The molecule has 0 spiro atoms. The van der Waals surface area contributed by atoms with Gasteiger partial charge in [0.15, 0.2) is 11.9 Å². The molecular weight excluding hydrogens is 336 g/mol. The van der Waals surface area contributed by atoms with Gasteiger partial charge in [-0.15, -0.1) is 0 Å². The number of fused-ring (bicyclic) bond motifs is 1. The summed E-state index contributed by atoms with van der Waals surface area (Å²) >= 11 is 0.534. The number of halogens is 4. The zero-order chi connectivity index (χ0) is 16.4. The Morgan fingerprint density at radius 2 is 2.13 bits per heavy atom. The summed E-state index contributed by atoms with van der Waals surface area (Å²) in [7, 11) is 0. The SMILES string of the molecule is Fc1cc(CCNc2ncc(C(F)(F)F)s2)c2c(c1)COCO2. The van der Waals surface area contributed by atoms with Gasteiger partial charge >= 0.3 is 6.18 Å². The van der Waals surface area contributed by atoms with E-state index in [0.717, 1.165) is 6.20 Å². The molecular formula is C14H12F4N2O2S. The molecule has 1 aliphatic rings. The molecule has 2 heterocycles. The highest BCUT2D eigenvalue weighted by atomic mass is 32.1. The largest absolute Gasteiger partial charge is 0.467 e. The van der Waals surface area contributed by atoms with Crippen molar-refractivity contribution in [1.29, 1.82) is 0 Å². The quantitative estimate of drug-likeness (QED) is 0.853. The Kier molecular flexibility index (Phi) is 4.40. The number of nitrogens with zero attached hydrogens (tertiary/aromatic N) is 1. The van der Waals surface area contributed by atoms with Crippen molar-refractivity contribution in [2.45, 2.75) is 19.2 Å². The molecule has 2 aromatic rings. The van der Waals surface area contributed by atoms with Crippen molar-refractivity contribution in [3.63, 3.8) is 0 Å². The fraction of sp³-hybridized carbons (Fsp3) is 0.357. The number of anilines is 1. The van der Waals surface area contributed by atoms with E-state index in [-0.39, 0.29) is 18.5 Å². The molecule has 0 unspecified atom stereocenters. The molecule has 0 radical (unpaired) electrons. The van der Waals surface area contributed by atoms with E-state index in [1.54, 1.807) is 0 Å². The maximum atomic E-state index is 13.6. The average molecular weight is 348 g/mol. The first-order valence-corrected chi connectivity index (χ1v) is 7.54. The van der Waals surface area contributed by atoms with Crippen molar-refractivity contribution in [2.24, 2.45) is 0 Å². The molecule has 0 bridgehead atoms. The molecule has 4 nitrogen and oxygen atoms in total. The molecule has 1 aromatic carbocycles. The van der Waals surface area contributed by atoms with Gasteiger partial charge in [0.2, 0.25) is 0 Å². The van der Waals surface area contributed by atoms with Gasteiger partial charge in [-0.1, -0.05) is 11.3 Å². The molecule has 1 N–H and O–H groups in total. The number of thiazole rings is 1. The number of alkyl halides is 3. The van der Waals surface area contributed by atoms with Gasteiger partial charge < -0.3 is 14.8 Å². The number of aromatic nitrogens is 1. The van der Waals surface area contributed by atoms with E-state index < -0.39 is 16.9 Å². The van der Waals surface area contributed by atoms with Crippen LogP contribution in [0.25, 0.3) is 0 Å². The van der Waals surface area contributed by atoms with Crippen LogP contribution < -0.4 is 10.1 Å². The Hall–Kier alpha value is -1.87. The number of hydrogen-bond acceptors (Lipinski definition) is 5. The van der Waals surface area contributed by atoms with E-state index in [2.05, 4.69) is 10.3 Å².